The summed E-state index contributed by atoms with van der Waals surface area (Å²) in [4.78, 5) is 11.2. The third kappa shape index (κ3) is 7.55. The van der Waals surface area contributed by atoms with E-state index < -0.39 is 0 Å². The van der Waals surface area contributed by atoms with E-state index in [2.05, 4.69) is 35.0 Å². The molecule has 2 aromatic rings. The monoisotopic (exact) mass is 375 g/mol. The average molecular weight is 375 g/mol. The lowest BCUT2D eigenvalue weighted by atomic mass is 10.1. The summed E-state index contributed by atoms with van der Waals surface area (Å²) in [7, 11) is 0. The highest BCUT2D eigenvalue weighted by atomic mass is 16.5. The number of nitrogens with zero attached hydrogens (tertiary/aromatic N) is 3. The Bertz CT molecular complexity index is 847. The van der Waals surface area contributed by atoms with Gasteiger partial charge in [-0.1, -0.05) is 31.6 Å². The Morgan fingerprint density at radius 3 is 2.11 bits per heavy atom. The van der Waals surface area contributed by atoms with E-state index in [9.17, 15) is 4.79 Å². The van der Waals surface area contributed by atoms with E-state index in [-0.39, 0.29) is 5.97 Å². The van der Waals surface area contributed by atoms with E-state index in [1.165, 1.54) is 5.56 Å². The van der Waals surface area contributed by atoms with Crippen LogP contribution in [0.4, 0.5) is 11.4 Å². The zero-order chi connectivity index (χ0) is 20.2. The summed E-state index contributed by atoms with van der Waals surface area (Å²) < 4.78 is 5.08. The third-order valence-electron chi connectivity index (χ3n) is 4.16. The minimum absolute atomic E-state index is 0.309. The Morgan fingerprint density at radius 1 is 0.964 bits per heavy atom. The maximum absolute atomic E-state index is 11.2. The van der Waals surface area contributed by atoms with Crippen LogP contribution < -0.4 is 0 Å². The number of nitriles is 1. The number of carbonyl (C=O) groups excluding carboxylic acids is 1. The van der Waals surface area contributed by atoms with Crippen molar-refractivity contribution in [3.8, 4) is 6.07 Å². The maximum Gasteiger partial charge on any atom is 0.333 e. The fraction of sp³-hybridized carbons (Fsp3) is 0.304. The van der Waals surface area contributed by atoms with Crippen molar-refractivity contribution < 1.29 is 9.53 Å². The first kappa shape index (κ1) is 21.0. The number of azo groups is 1. The largest absolute Gasteiger partial charge is 0.462 e. The predicted molar refractivity (Wildman–Crippen MR) is 110 cm³/mol. The molecule has 2 rings (SSSR count). The van der Waals surface area contributed by atoms with Crippen LogP contribution in [0, 0.1) is 11.3 Å². The molecule has 0 aliphatic carbocycles. The highest BCUT2D eigenvalue weighted by molar-refractivity contribution is 5.86. The molecular weight excluding hydrogens is 350 g/mol. The summed E-state index contributed by atoms with van der Waals surface area (Å²) in [5.41, 5.74) is 3.84. The summed E-state index contributed by atoms with van der Waals surface area (Å²) in [6, 6.07) is 17.1. The summed E-state index contributed by atoms with van der Waals surface area (Å²) in [5, 5.41) is 17.2. The van der Waals surface area contributed by atoms with E-state index in [0.29, 0.717) is 17.7 Å². The van der Waals surface area contributed by atoms with Crippen LogP contribution in [0.2, 0.25) is 0 Å². The first-order valence-corrected chi connectivity index (χ1v) is 9.42. The molecule has 0 atom stereocenters. The van der Waals surface area contributed by atoms with E-state index in [1.807, 2.05) is 12.1 Å². The normalized spacial score (nSPS) is 10.6. The zero-order valence-corrected chi connectivity index (χ0v) is 16.2. The highest BCUT2D eigenvalue weighted by Crippen LogP contribution is 2.20. The molecule has 0 fully saturated rings. The van der Waals surface area contributed by atoms with Gasteiger partial charge in [0.25, 0.3) is 0 Å². The second-order valence-electron chi connectivity index (χ2n) is 6.61. The molecule has 5 nitrogen and oxygen atoms in total. The minimum Gasteiger partial charge on any atom is -0.462 e. The van der Waals surface area contributed by atoms with Crippen molar-refractivity contribution in [2.75, 3.05) is 6.61 Å². The second kappa shape index (κ2) is 11.5. The number of ether oxygens (including phenoxy) is 1. The quantitative estimate of drug-likeness (QED) is 0.215. The summed E-state index contributed by atoms with van der Waals surface area (Å²) in [6.45, 7) is 5.68. The van der Waals surface area contributed by atoms with E-state index in [0.717, 1.165) is 43.5 Å². The summed E-state index contributed by atoms with van der Waals surface area (Å²) in [6.07, 6.45) is 5.14. The molecule has 0 aliphatic rings. The van der Waals surface area contributed by atoms with Crippen LogP contribution in [-0.4, -0.2) is 12.6 Å². The van der Waals surface area contributed by atoms with Crippen molar-refractivity contribution >= 4 is 17.3 Å². The van der Waals surface area contributed by atoms with Gasteiger partial charge in [0.2, 0.25) is 0 Å². The van der Waals surface area contributed by atoms with Gasteiger partial charge in [-0.05, 0) is 68.1 Å². The molecule has 0 saturated carbocycles. The van der Waals surface area contributed by atoms with Crippen molar-refractivity contribution in [2.45, 2.75) is 39.0 Å². The van der Waals surface area contributed by atoms with Gasteiger partial charge in [-0.15, -0.1) is 0 Å². The topological polar surface area (TPSA) is 74.8 Å². The van der Waals surface area contributed by atoms with Crippen LogP contribution >= 0.6 is 0 Å². The molecule has 28 heavy (non-hydrogen) atoms. The second-order valence-corrected chi connectivity index (χ2v) is 6.61. The van der Waals surface area contributed by atoms with Crippen LogP contribution in [0.25, 0.3) is 0 Å². The van der Waals surface area contributed by atoms with Crippen LogP contribution in [0.15, 0.2) is 70.9 Å². The molecule has 0 N–H and O–H groups in total. The lowest BCUT2D eigenvalue weighted by Crippen LogP contribution is -2.06. The minimum atomic E-state index is -0.309. The average Bonchev–Trinajstić information content (AvgIpc) is 2.72. The van der Waals surface area contributed by atoms with Gasteiger partial charge in [0.05, 0.1) is 29.6 Å². The lowest BCUT2D eigenvalue weighted by Gasteiger charge is -2.05. The molecule has 0 bridgehead atoms. The SMILES string of the molecule is C=C(C)C(=O)OCCCCCCc1ccc(N=Nc2ccc(C#N)cc2)cc1. The molecule has 0 unspecified atom stereocenters. The van der Waals surface area contributed by atoms with Gasteiger partial charge in [0.1, 0.15) is 0 Å². The number of hydrogen-bond acceptors (Lipinski definition) is 5. The molecule has 2 aromatic carbocycles. The highest BCUT2D eigenvalue weighted by Gasteiger charge is 2.02. The number of benzene rings is 2. The molecule has 0 saturated heterocycles. The van der Waals surface area contributed by atoms with Gasteiger partial charge in [0, 0.05) is 5.57 Å². The van der Waals surface area contributed by atoms with Gasteiger partial charge in [0.15, 0.2) is 0 Å². The molecule has 0 radical (unpaired) electrons. The third-order valence-corrected chi connectivity index (χ3v) is 4.16. The Labute approximate surface area is 166 Å². The Morgan fingerprint density at radius 2 is 1.54 bits per heavy atom. The van der Waals surface area contributed by atoms with E-state index in [1.54, 1.807) is 31.2 Å². The van der Waals surface area contributed by atoms with Gasteiger partial charge < -0.3 is 4.74 Å². The van der Waals surface area contributed by atoms with Crippen LogP contribution in [0.1, 0.15) is 43.7 Å². The van der Waals surface area contributed by atoms with Gasteiger partial charge >= 0.3 is 5.97 Å². The Balaban J connectivity index is 1.67. The first-order chi connectivity index (χ1) is 13.6. The van der Waals surface area contributed by atoms with Crippen molar-refractivity contribution in [1.29, 1.82) is 5.26 Å². The number of carbonyl (C=O) groups is 1. The number of esters is 1. The molecule has 0 amide bonds. The zero-order valence-electron chi connectivity index (χ0n) is 16.2. The number of hydrogen-bond donors (Lipinski definition) is 0. The van der Waals surface area contributed by atoms with E-state index in [4.69, 9.17) is 10.00 Å². The number of rotatable bonds is 10. The molecule has 0 spiro atoms. The van der Waals surface area contributed by atoms with Crippen LogP contribution in [0.5, 0.6) is 0 Å². The lowest BCUT2D eigenvalue weighted by molar-refractivity contribution is -0.139. The van der Waals surface area contributed by atoms with Gasteiger partial charge in [-0.3, -0.25) is 0 Å². The standard InChI is InChI=1S/C23H25N3O2/c1-18(2)23(27)28-16-6-4-3-5-7-19-8-12-21(13-9-19)25-26-22-14-10-20(17-24)11-15-22/h8-15H,1,3-7,16H2,2H3. The molecule has 0 heterocycles. The Hall–Kier alpha value is -3.26. The van der Waals surface area contributed by atoms with Crippen molar-refractivity contribution in [3.63, 3.8) is 0 Å². The van der Waals surface area contributed by atoms with Crippen LogP contribution in [0.3, 0.4) is 0 Å². The first-order valence-electron chi connectivity index (χ1n) is 9.42. The summed E-state index contributed by atoms with van der Waals surface area (Å²) in [5.74, 6) is -0.309. The predicted octanol–water partition coefficient (Wildman–Crippen LogP) is 6.20. The van der Waals surface area contributed by atoms with Gasteiger partial charge in [-0.2, -0.15) is 15.5 Å². The molecule has 144 valence electrons. The molecule has 0 aromatic heterocycles. The molecule has 5 heteroatoms. The number of unbranched alkanes of at least 4 members (excludes halogenated alkanes) is 3. The summed E-state index contributed by atoms with van der Waals surface area (Å²) >= 11 is 0. The van der Waals surface area contributed by atoms with Gasteiger partial charge in [-0.25, -0.2) is 4.79 Å². The smallest absolute Gasteiger partial charge is 0.333 e. The Kier molecular flexibility index (Phi) is 8.61. The molecular formula is C23H25N3O2. The van der Waals surface area contributed by atoms with E-state index >= 15 is 0 Å². The molecule has 0 aliphatic heterocycles. The van der Waals surface area contributed by atoms with Crippen molar-refractivity contribution in [1.82, 2.24) is 0 Å². The maximum atomic E-state index is 11.2. The van der Waals surface area contributed by atoms with Crippen molar-refractivity contribution in [2.24, 2.45) is 10.2 Å². The fourth-order valence-corrected chi connectivity index (χ4v) is 2.52. The van der Waals surface area contributed by atoms with Crippen LogP contribution in [-0.2, 0) is 16.0 Å². The van der Waals surface area contributed by atoms with Crippen molar-refractivity contribution in [3.05, 3.63) is 71.8 Å². The number of aryl methyl sites for hydroxylation is 1. The fourth-order valence-electron chi connectivity index (χ4n) is 2.52.